The van der Waals surface area contributed by atoms with Crippen molar-refractivity contribution in [2.75, 3.05) is 112 Å². The molecule has 0 saturated carbocycles. The van der Waals surface area contributed by atoms with Crippen molar-refractivity contribution in [1.29, 1.82) is 0 Å². The zero-order valence-corrected chi connectivity index (χ0v) is 41.4. The van der Waals surface area contributed by atoms with Gasteiger partial charge >= 0.3 is 0 Å². The van der Waals surface area contributed by atoms with Crippen molar-refractivity contribution in [1.82, 2.24) is 14.7 Å². The van der Waals surface area contributed by atoms with E-state index >= 15 is 0 Å². The molecule has 9 atom stereocenters. The van der Waals surface area contributed by atoms with E-state index in [1.165, 1.54) is 0 Å². The Labute approximate surface area is 374 Å². The number of nitrogens with zero attached hydrogens (tertiary/aromatic N) is 3. The van der Waals surface area contributed by atoms with Crippen LogP contribution in [0.3, 0.4) is 0 Å². The van der Waals surface area contributed by atoms with E-state index in [0.29, 0.717) is 37.8 Å². The molecule has 0 aromatic rings. The standard InChI is InChI=1S/C46H91N3O13/c1-33-16-47(33)19-36(53)42(10,11)60-25-39(4,5)57-30-45(22-50,23-51)28-56-29-46(24-52,31-58-40(6,7)26-61-43(12,13)37(54)20-48-17-34(48)2)32-59-41(8,9)27-62-44(14,15)38(55)21-49-18-35(49)3/h33-38,50-55H,16-32H2,1-15H3. The molecular weight excluding hydrogens is 803 g/mol. The second kappa shape index (κ2) is 22.0. The fourth-order valence-corrected chi connectivity index (χ4v) is 6.52. The Balaban J connectivity index is 1.68. The summed E-state index contributed by atoms with van der Waals surface area (Å²) in [4.78, 5) is 6.54. The van der Waals surface area contributed by atoms with E-state index in [4.69, 9.17) is 33.2 Å². The Hall–Kier alpha value is -0.640. The molecule has 3 aliphatic rings. The third kappa shape index (κ3) is 17.9. The van der Waals surface area contributed by atoms with Crippen LogP contribution < -0.4 is 0 Å². The zero-order valence-electron chi connectivity index (χ0n) is 41.4. The average molecular weight is 894 g/mol. The second-order valence-corrected chi connectivity index (χ2v) is 22.7. The van der Waals surface area contributed by atoms with Gasteiger partial charge in [-0.3, -0.25) is 14.7 Å². The molecule has 9 unspecified atom stereocenters. The molecule has 62 heavy (non-hydrogen) atoms. The van der Waals surface area contributed by atoms with Crippen LogP contribution in [0.25, 0.3) is 0 Å². The smallest absolute Gasteiger partial charge is 0.0951 e. The molecular formula is C46H91N3O13. The molecule has 3 aliphatic heterocycles. The van der Waals surface area contributed by atoms with Gasteiger partial charge in [0.05, 0.1) is 135 Å². The van der Waals surface area contributed by atoms with Gasteiger partial charge < -0.3 is 63.8 Å². The summed E-state index contributed by atoms with van der Waals surface area (Å²) in [6.07, 6.45) is -2.10. The van der Waals surface area contributed by atoms with Crippen LogP contribution in [0.4, 0.5) is 0 Å². The predicted octanol–water partition coefficient (Wildman–Crippen LogP) is 1.92. The first-order valence-corrected chi connectivity index (χ1v) is 22.9. The summed E-state index contributed by atoms with van der Waals surface area (Å²) in [6, 6.07) is 1.37. The Morgan fingerprint density at radius 2 is 0.645 bits per heavy atom. The number of β-amino-alcohol motifs (C(OH)–C–C–N with tert-alkyl or cyclic N) is 3. The Morgan fingerprint density at radius 3 is 0.887 bits per heavy atom. The van der Waals surface area contributed by atoms with E-state index in [9.17, 15) is 30.6 Å². The van der Waals surface area contributed by atoms with Gasteiger partial charge in [0.15, 0.2) is 0 Å². The van der Waals surface area contributed by atoms with Crippen molar-refractivity contribution in [3.05, 3.63) is 0 Å². The molecule has 6 N–H and O–H groups in total. The van der Waals surface area contributed by atoms with Gasteiger partial charge in [-0.2, -0.15) is 0 Å². The van der Waals surface area contributed by atoms with Crippen LogP contribution >= 0.6 is 0 Å². The molecule has 0 amide bonds. The lowest BCUT2D eigenvalue weighted by atomic mass is 9.89. The fourth-order valence-electron chi connectivity index (χ4n) is 6.52. The maximum Gasteiger partial charge on any atom is 0.0951 e. The van der Waals surface area contributed by atoms with E-state index in [-0.39, 0.29) is 59.5 Å². The van der Waals surface area contributed by atoms with Gasteiger partial charge in [0.2, 0.25) is 0 Å². The average Bonchev–Trinajstić information content (AvgIpc) is 4.16. The van der Waals surface area contributed by atoms with Crippen molar-refractivity contribution >= 4 is 0 Å². The van der Waals surface area contributed by atoms with Gasteiger partial charge in [0, 0.05) is 57.4 Å². The van der Waals surface area contributed by atoms with Crippen LogP contribution in [-0.2, 0) is 33.2 Å². The summed E-state index contributed by atoms with van der Waals surface area (Å²) in [5, 5.41) is 65.1. The molecule has 0 aromatic carbocycles. The maximum atomic E-state index is 11.1. The van der Waals surface area contributed by atoms with Crippen LogP contribution in [0.15, 0.2) is 0 Å². The highest BCUT2D eigenvalue weighted by atomic mass is 16.6. The van der Waals surface area contributed by atoms with Crippen LogP contribution in [0.5, 0.6) is 0 Å². The summed E-state index contributed by atoms with van der Waals surface area (Å²) in [6.45, 7) is 32.1. The number of hydrogen-bond acceptors (Lipinski definition) is 16. The first-order valence-electron chi connectivity index (χ1n) is 22.9. The monoisotopic (exact) mass is 894 g/mol. The van der Waals surface area contributed by atoms with E-state index in [0.717, 1.165) is 19.6 Å². The number of hydrogen-bond donors (Lipinski definition) is 6. The summed E-state index contributed by atoms with van der Waals surface area (Å²) in [5.41, 5.74) is -7.36. The largest absolute Gasteiger partial charge is 0.396 e. The number of rotatable bonds is 34. The second-order valence-electron chi connectivity index (χ2n) is 22.7. The van der Waals surface area contributed by atoms with E-state index in [2.05, 4.69) is 35.5 Å². The van der Waals surface area contributed by atoms with E-state index in [1.807, 2.05) is 83.1 Å². The van der Waals surface area contributed by atoms with Crippen molar-refractivity contribution in [2.45, 2.75) is 174 Å². The Morgan fingerprint density at radius 1 is 0.403 bits per heavy atom. The normalized spacial score (nSPS) is 26.3. The van der Waals surface area contributed by atoms with Crippen LogP contribution in [0.1, 0.15) is 104 Å². The van der Waals surface area contributed by atoms with Gasteiger partial charge in [0.25, 0.3) is 0 Å². The zero-order chi connectivity index (χ0) is 47.2. The molecule has 0 bridgehead atoms. The van der Waals surface area contributed by atoms with Crippen LogP contribution in [0.2, 0.25) is 0 Å². The minimum absolute atomic E-state index is 0.00622. The summed E-state index contributed by atoms with van der Waals surface area (Å²) >= 11 is 0. The summed E-state index contributed by atoms with van der Waals surface area (Å²) in [5.74, 6) is 0. The lowest BCUT2D eigenvalue weighted by molar-refractivity contribution is -0.203. The molecule has 16 nitrogen and oxygen atoms in total. The lowest BCUT2D eigenvalue weighted by Gasteiger charge is -2.41. The van der Waals surface area contributed by atoms with Crippen molar-refractivity contribution in [2.24, 2.45) is 10.8 Å². The highest BCUT2D eigenvalue weighted by Crippen LogP contribution is 2.31. The first kappa shape index (κ1) is 55.7. The van der Waals surface area contributed by atoms with Crippen LogP contribution in [0, 0.1) is 10.8 Å². The minimum atomic E-state index is -1.20. The highest BCUT2D eigenvalue weighted by Gasteiger charge is 2.43. The van der Waals surface area contributed by atoms with E-state index in [1.54, 1.807) is 0 Å². The third-order valence-electron chi connectivity index (χ3n) is 13.1. The molecule has 368 valence electrons. The molecule has 3 heterocycles. The lowest BCUT2D eigenvalue weighted by Crippen LogP contribution is -2.51. The van der Waals surface area contributed by atoms with Crippen molar-refractivity contribution in [3.63, 3.8) is 0 Å². The highest BCUT2D eigenvalue weighted by molar-refractivity contribution is 4.94. The van der Waals surface area contributed by atoms with Gasteiger partial charge in [-0.05, 0) is 104 Å². The molecule has 3 rings (SSSR count). The summed E-state index contributed by atoms with van der Waals surface area (Å²) < 4.78 is 44.3. The number of aliphatic hydroxyl groups is 6. The SMILES string of the molecule is CC1CN1CC(O)C(C)(C)OCC(C)(C)OCC(CO)(CO)COCC(CO)(COC(C)(C)COC(C)(C)C(O)CN1CC1C)COC(C)(C)COC(C)(C)C(O)CN1CC1C. The molecule has 3 fully saturated rings. The third-order valence-corrected chi connectivity index (χ3v) is 13.1. The minimum Gasteiger partial charge on any atom is -0.396 e. The number of aliphatic hydroxyl groups excluding tert-OH is 6. The maximum absolute atomic E-state index is 11.1. The Kier molecular flexibility index (Phi) is 19.7. The van der Waals surface area contributed by atoms with E-state index < -0.39 is 76.0 Å². The van der Waals surface area contributed by atoms with Gasteiger partial charge in [-0.1, -0.05) is 0 Å². The first-order chi connectivity index (χ1) is 28.4. The summed E-state index contributed by atoms with van der Waals surface area (Å²) in [7, 11) is 0. The molecule has 0 spiro atoms. The Bertz CT molecular complexity index is 1290. The molecule has 3 saturated heterocycles. The number of ether oxygens (including phenoxy) is 7. The molecule has 0 aliphatic carbocycles. The van der Waals surface area contributed by atoms with Crippen LogP contribution in [-0.4, -0.2) is 227 Å². The molecule has 16 heteroatoms. The van der Waals surface area contributed by atoms with Gasteiger partial charge in [-0.15, -0.1) is 0 Å². The quantitative estimate of drug-likeness (QED) is 0.0513. The van der Waals surface area contributed by atoms with Crippen molar-refractivity contribution in [3.8, 4) is 0 Å². The molecule has 0 aromatic heterocycles. The fraction of sp³-hybridized carbons (Fsp3) is 1.00. The van der Waals surface area contributed by atoms with Crippen molar-refractivity contribution < 1.29 is 63.8 Å². The topological polar surface area (TPSA) is 195 Å². The molecule has 0 radical (unpaired) electrons. The predicted molar refractivity (Wildman–Crippen MR) is 238 cm³/mol. The van der Waals surface area contributed by atoms with Gasteiger partial charge in [-0.25, -0.2) is 0 Å². The van der Waals surface area contributed by atoms with Gasteiger partial charge in [0.1, 0.15) is 0 Å².